The Kier molecular flexibility index (Phi) is 4.17. The predicted octanol–water partition coefficient (Wildman–Crippen LogP) is 4.59. The van der Waals surface area contributed by atoms with Crippen LogP contribution in [0, 0.1) is 0 Å². The first-order valence-corrected chi connectivity index (χ1v) is 7.71. The van der Waals surface area contributed by atoms with Crippen LogP contribution >= 0.6 is 0 Å². The monoisotopic (exact) mass is 265 g/mol. The molecule has 1 nitrogen and oxygen atoms in total. The number of rotatable bonds is 4. The zero-order chi connectivity index (χ0) is 13.8. The van der Waals surface area contributed by atoms with Crippen molar-refractivity contribution < 1.29 is 0 Å². The summed E-state index contributed by atoms with van der Waals surface area (Å²) in [6.45, 7) is 5.64. The number of hydrogen-bond acceptors (Lipinski definition) is 1. The van der Waals surface area contributed by atoms with Gasteiger partial charge in [-0.25, -0.2) is 0 Å². The first-order chi connectivity index (χ1) is 9.86. The molecule has 0 amide bonds. The van der Waals surface area contributed by atoms with E-state index in [1.807, 2.05) is 0 Å². The standard InChI is InChI=1S/C19H23N/c1-2-8-17-14-20(13-16-9-4-3-5-10-16)15-18-11-6-7-12-19(17)18/h3-7,9-12,17H,2,8,13-15H2,1H3/t17-/m0/s1. The van der Waals surface area contributed by atoms with Crippen molar-refractivity contribution in [1.29, 1.82) is 0 Å². The van der Waals surface area contributed by atoms with Gasteiger partial charge in [0.15, 0.2) is 0 Å². The van der Waals surface area contributed by atoms with Crippen molar-refractivity contribution in [2.24, 2.45) is 0 Å². The summed E-state index contributed by atoms with van der Waals surface area (Å²) in [5, 5.41) is 0. The van der Waals surface area contributed by atoms with Gasteiger partial charge in [0.25, 0.3) is 0 Å². The van der Waals surface area contributed by atoms with Gasteiger partial charge in [-0.2, -0.15) is 0 Å². The Hall–Kier alpha value is -1.60. The zero-order valence-electron chi connectivity index (χ0n) is 12.3. The fourth-order valence-electron chi connectivity index (χ4n) is 3.35. The van der Waals surface area contributed by atoms with Crippen molar-refractivity contribution >= 4 is 0 Å². The van der Waals surface area contributed by atoms with E-state index in [2.05, 4.69) is 66.4 Å². The van der Waals surface area contributed by atoms with Crippen LogP contribution in [0.4, 0.5) is 0 Å². The highest BCUT2D eigenvalue weighted by Gasteiger charge is 2.24. The van der Waals surface area contributed by atoms with E-state index in [1.54, 1.807) is 5.56 Å². The highest BCUT2D eigenvalue weighted by Crippen LogP contribution is 2.32. The van der Waals surface area contributed by atoms with Crippen molar-refractivity contribution in [3.63, 3.8) is 0 Å². The molecule has 1 atom stereocenters. The largest absolute Gasteiger partial charge is 0.294 e. The lowest BCUT2D eigenvalue weighted by atomic mass is 9.86. The highest BCUT2D eigenvalue weighted by atomic mass is 15.1. The molecule has 0 unspecified atom stereocenters. The Morgan fingerprint density at radius 1 is 1.00 bits per heavy atom. The van der Waals surface area contributed by atoms with E-state index in [0.29, 0.717) is 5.92 Å². The molecule has 3 rings (SSSR count). The Morgan fingerprint density at radius 2 is 1.75 bits per heavy atom. The summed E-state index contributed by atoms with van der Waals surface area (Å²) in [5.74, 6) is 0.702. The molecular weight excluding hydrogens is 242 g/mol. The van der Waals surface area contributed by atoms with E-state index in [9.17, 15) is 0 Å². The third-order valence-corrected chi connectivity index (χ3v) is 4.25. The molecule has 0 N–H and O–H groups in total. The molecule has 0 aromatic heterocycles. The Balaban J connectivity index is 1.79. The third kappa shape index (κ3) is 2.94. The molecule has 2 aromatic rings. The minimum atomic E-state index is 0.702. The summed E-state index contributed by atoms with van der Waals surface area (Å²) in [5.41, 5.74) is 4.52. The van der Waals surface area contributed by atoms with Gasteiger partial charge in [0, 0.05) is 19.6 Å². The van der Waals surface area contributed by atoms with Crippen molar-refractivity contribution in [3.8, 4) is 0 Å². The topological polar surface area (TPSA) is 3.24 Å². The van der Waals surface area contributed by atoms with Crippen LogP contribution in [0.3, 0.4) is 0 Å². The Labute approximate surface area is 122 Å². The molecular formula is C19H23N. The quantitative estimate of drug-likeness (QED) is 0.781. The molecule has 0 bridgehead atoms. The summed E-state index contributed by atoms with van der Waals surface area (Å²) in [6.07, 6.45) is 2.56. The zero-order valence-corrected chi connectivity index (χ0v) is 12.3. The minimum absolute atomic E-state index is 0.702. The van der Waals surface area contributed by atoms with Crippen LogP contribution in [0.5, 0.6) is 0 Å². The van der Waals surface area contributed by atoms with Crippen LogP contribution < -0.4 is 0 Å². The maximum atomic E-state index is 2.60. The molecule has 20 heavy (non-hydrogen) atoms. The highest BCUT2D eigenvalue weighted by molar-refractivity contribution is 5.33. The summed E-state index contributed by atoms with van der Waals surface area (Å²) in [4.78, 5) is 2.60. The minimum Gasteiger partial charge on any atom is -0.294 e. The second-order valence-corrected chi connectivity index (χ2v) is 5.84. The van der Waals surface area contributed by atoms with Gasteiger partial charge < -0.3 is 0 Å². The normalized spacial score (nSPS) is 18.8. The molecule has 1 heteroatoms. The average Bonchev–Trinajstić information content (AvgIpc) is 2.49. The smallest absolute Gasteiger partial charge is 0.0240 e. The van der Waals surface area contributed by atoms with Crippen molar-refractivity contribution in [1.82, 2.24) is 4.90 Å². The molecule has 0 spiro atoms. The van der Waals surface area contributed by atoms with E-state index >= 15 is 0 Å². The van der Waals surface area contributed by atoms with Gasteiger partial charge >= 0.3 is 0 Å². The van der Waals surface area contributed by atoms with Gasteiger partial charge in [-0.1, -0.05) is 67.9 Å². The first-order valence-electron chi connectivity index (χ1n) is 7.71. The van der Waals surface area contributed by atoms with Gasteiger partial charge in [-0.3, -0.25) is 4.90 Å². The van der Waals surface area contributed by atoms with Crippen LogP contribution in [0.1, 0.15) is 42.4 Å². The SMILES string of the molecule is CCC[C@H]1CN(Cc2ccccc2)Cc2ccccc21. The lowest BCUT2D eigenvalue weighted by Crippen LogP contribution is -2.33. The molecule has 1 heterocycles. The molecule has 0 radical (unpaired) electrons. The molecule has 0 fully saturated rings. The number of hydrogen-bond donors (Lipinski definition) is 0. The number of benzene rings is 2. The lowest BCUT2D eigenvalue weighted by molar-refractivity contribution is 0.216. The Morgan fingerprint density at radius 3 is 2.55 bits per heavy atom. The fraction of sp³-hybridized carbons (Fsp3) is 0.368. The maximum Gasteiger partial charge on any atom is 0.0240 e. The first kappa shape index (κ1) is 13.4. The van der Waals surface area contributed by atoms with Crippen LogP contribution in [0.15, 0.2) is 54.6 Å². The molecule has 104 valence electrons. The van der Waals surface area contributed by atoms with Gasteiger partial charge in [-0.15, -0.1) is 0 Å². The molecule has 1 aliphatic rings. The molecule has 1 aliphatic heterocycles. The van der Waals surface area contributed by atoms with Crippen LogP contribution in [-0.2, 0) is 13.1 Å². The second kappa shape index (κ2) is 6.23. The summed E-state index contributed by atoms with van der Waals surface area (Å²) >= 11 is 0. The van der Waals surface area contributed by atoms with Crippen molar-refractivity contribution in [2.75, 3.05) is 6.54 Å². The van der Waals surface area contributed by atoms with Crippen LogP contribution in [0.25, 0.3) is 0 Å². The summed E-state index contributed by atoms with van der Waals surface area (Å²) < 4.78 is 0. The second-order valence-electron chi connectivity index (χ2n) is 5.84. The summed E-state index contributed by atoms with van der Waals surface area (Å²) in [6, 6.07) is 19.8. The fourth-order valence-corrected chi connectivity index (χ4v) is 3.35. The van der Waals surface area contributed by atoms with Crippen LogP contribution in [0.2, 0.25) is 0 Å². The molecule has 0 saturated carbocycles. The summed E-state index contributed by atoms with van der Waals surface area (Å²) in [7, 11) is 0. The van der Waals surface area contributed by atoms with E-state index in [-0.39, 0.29) is 0 Å². The molecule has 0 saturated heterocycles. The van der Waals surface area contributed by atoms with E-state index in [0.717, 1.165) is 13.1 Å². The average molecular weight is 265 g/mol. The van der Waals surface area contributed by atoms with Gasteiger partial charge in [0.05, 0.1) is 0 Å². The van der Waals surface area contributed by atoms with Crippen LogP contribution in [-0.4, -0.2) is 11.4 Å². The van der Waals surface area contributed by atoms with E-state index in [1.165, 1.54) is 30.5 Å². The van der Waals surface area contributed by atoms with Crippen molar-refractivity contribution in [2.45, 2.75) is 38.8 Å². The van der Waals surface area contributed by atoms with Gasteiger partial charge in [0.1, 0.15) is 0 Å². The predicted molar refractivity (Wildman–Crippen MR) is 84.6 cm³/mol. The van der Waals surface area contributed by atoms with E-state index < -0.39 is 0 Å². The van der Waals surface area contributed by atoms with Gasteiger partial charge in [-0.05, 0) is 29.0 Å². The van der Waals surface area contributed by atoms with E-state index in [4.69, 9.17) is 0 Å². The molecule has 2 aromatic carbocycles. The number of nitrogens with zero attached hydrogens (tertiary/aromatic N) is 1. The van der Waals surface area contributed by atoms with Gasteiger partial charge in [0.2, 0.25) is 0 Å². The molecule has 0 aliphatic carbocycles. The Bertz CT molecular complexity index is 547. The van der Waals surface area contributed by atoms with Crippen molar-refractivity contribution in [3.05, 3.63) is 71.3 Å². The number of fused-ring (bicyclic) bond motifs is 1. The lowest BCUT2D eigenvalue weighted by Gasteiger charge is -2.34. The third-order valence-electron chi connectivity index (χ3n) is 4.25. The maximum absolute atomic E-state index is 2.60.